The van der Waals surface area contributed by atoms with E-state index in [1.165, 1.54) is 0 Å². The van der Waals surface area contributed by atoms with Crippen molar-refractivity contribution >= 4 is 26.5 Å². The van der Waals surface area contributed by atoms with E-state index >= 15 is 0 Å². The average molecular weight is 215 g/mol. The van der Waals surface area contributed by atoms with Crippen LogP contribution in [0.1, 0.15) is 0 Å². The number of alkyl halides is 3. The summed E-state index contributed by atoms with van der Waals surface area (Å²) in [6.07, 6.45) is -4.50. The number of hydrogen-bond acceptors (Lipinski definition) is 2. The molecule has 1 aliphatic rings. The van der Waals surface area contributed by atoms with Gasteiger partial charge in [0.05, 0.1) is 0 Å². The van der Waals surface area contributed by atoms with Crippen molar-refractivity contribution in [3.8, 4) is 0 Å². The maximum absolute atomic E-state index is 11.6. The molecule has 0 unspecified atom stereocenters. The van der Waals surface area contributed by atoms with Crippen LogP contribution in [0.25, 0.3) is 0 Å². The Morgan fingerprint density at radius 3 is 2.10 bits per heavy atom. The van der Waals surface area contributed by atoms with Crippen LogP contribution in [0.2, 0.25) is 0 Å². The lowest BCUT2D eigenvalue weighted by Crippen LogP contribution is -2.27. The summed E-state index contributed by atoms with van der Waals surface area (Å²) in [5, 5.41) is 3.02. The summed E-state index contributed by atoms with van der Waals surface area (Å²) < 4.78 is 34.7. The normalized spacial score (nSPS) is 18.0. The number of aliphatic imine (C=N–C) groups is 1. The Hall–Kier alpha value is -0.590. The first-order chi connectivity index (χ1) is 4.50. The van der Waals surface area contributed by atoms with Gasteiger partial charge in [0.1, 0.15) is 0 Å². The van der Waals surface area contributed by atoms with Crippen molar-refractivity contribution in [2.45, 2.75) is 6.18 Å². The van der Waals surface area contributed by atoms with Crippen LogP contribution in [0.4, 0.5) is 13.2 Å². The van der Waals surface area contributed by atoms with Crippen LogP contribution in [0.3, 0.4) is 0 Å². The van der Waals surface area contributed by atoms with Gasteiger partial charge in [0.2, 0.25) is 4.74 Å². The zero-order valence-corrected chi connectivity index (χ0v) is 5.94. The molecule has 1 heterocycles. The predicted octanol–water partition coefficient (Wildman–Crippen LogP) is 1.23. The van der Waals surface area contributed by atoms with Gasteiger partial charge in [0.15, 0.2) is 0 Å². The van der Waals surface area contributed by atoms with E-state index in [1.807, 2.05) is 0 Å². The third kappa shape index (κ3) is 1.47. The molecule has 0 atom stereocenters. The molecule has 10 heavy (non-hydrogen) atoms. The second kappa shape index (κ2) is 2.22. The van der Waals surface area contributed by atoms with Gasteiger partial charge in [-0.05, 0) is 15.9 Å². The van der Waals surface area contributed by atoms with Crippen LogP contribution in [0, 0.1) is 0 Å². The molecule has 0 aliphatic carbocycles. The molecule has 0 aromatic heterocycles. The van der Waals surface area contributed by atoms with E-state index in [2.05, 4.69) is 31.4 Å². The van der Waals surface area contributed by atoms with Gasteiger partial charge >= 0.3 is 6.18 Å². The fourth-order valence-electron chi connectivity index (χ4n) is 0.341. The summed E-state index contributed by atoms with van der Waals surface area (Å²) in [6, 6.07) is 0. The molecule has 7 heteroatoms. The second-order valence-corrected chi connectivity index (χ2v) is 2.11. The maximum Gasteiger partial charge on any atom is 0.453 e. The largest absolute Gasteiger partial charge is 0.453 e. The zero-order valence-electron chi connectivity index (χ0n) is 4.35. The quantitative estimate of drug-likeness (QED) is 0.545. The molecule has 0 amide bonds. The highest BCUT2D eigenvalue weighted by Crippen LogP contribution is 2.19. The highest BCUT2D eigenvalue weighted by atomic mass is 79.9. The number of rotatable bonds is 0. The van der Waals surface area contributed by atoms with Gasteiger partial charge in [-0.15, -0.1) is 10.5 Å². The SMILES string of the molecule is FC(F)(F)C1=NC(Br)=N[N]1. The van der Waals surface area contributed by atoms with E-state index < -0.39 is 12.0 Å². The molecule has 0 spiro atoms. The minimum atomic E-state index is -4.50. The number of hydrogen-bond donors (Lipinski definition) is 0. The van der Waals surface area contributed by atoms with Crippen molar-refractivity contribution in [3.63, 3.8) is 0 Å². The minimum absolute atomic E-state index is 0.153. The molecule has 0 aromatic rings. The van der Waals surface area contributed by atoms with Crippen LogP contribution in [0.15, 0.2) is 10.1 Å². The molecule has 0 saturated carbocycles. The molecule has 0 bridgehead atoms. The number of halogens is 4. The Labute approximate surface area is 62.1 Å². The van der Waals surface area contributed by atoms with E-state index in [0.717, 1.165) is 0 Å². The van der Waals surface area contributed by atoms with Gasteiger partial charge in [-0.25, -0.2) is 0 Å². The first kappa shape index (κ1) is 7.52. The van der Waals surface area contributed by atoms with Crippen LogP contribution in [-0.4, -0.2) is 16.8 Å². The first-order valence-corrected chi connectivity index (χ1v) is 2.89. The van der Waals surface area contributed by atoms with E-state index in [1.54, 1.807) is 0 Å². The van der Waals surface area contributed by atoms with E-state index in [-0.39, 0.29) is 4.74 Å². The van der Waals surface area contributed by atoms with E-state index in [0.29, 0.717) is 0 Å². The molecule has 0 saturated heterocycles. The molecule has 55 valence electrons. The monoisotopic (exact) mass is 214 g/mol. The van der Waals surface area contributed by atoms with Gasteiger partial charge in [0.25, 0.3) is 5.84 Å². The number of amidine groups is 2. The molecule has 0 fully saturated rings. The molecule has 1 radical (unpaired) electrons. The summed E-state index contributed by atoms with van der Waals surface area (Å²) in [5.74, 6) is -1.22. The minimum Gasteiger partial charge on any atom is -0.195 e. The Morgan fingerprint density at radius 1 is 1.30 bits per heavy atom. The molecule has 0 aromatic carbocycles. The fourth-order valence-corrected chi connectivity index (χ4v) is 0.588. The smallest absolute Gasteiger partial charge is 0.195 e. The predicted molar refractivity (Wildman–Crippen MR) is 32.0 cm³/mol. The molecular weight excluding hydrogens is 215 g/mol. The molecule has 1 rings (SSSR count). The summed E-state index contributed by atoms with van der Waals surface area (Å²) in [6.45, 7) is 0. The van der Waals surface area contributed by atoms with Crippen molar-refractivity contribution in [1.82, 2.24) is 5.43 Å². The Balaban J connectivity index is 2.73. The fraction of sp³-hybridized carbons (Fsp3) is 0.333. The Morgan fingerprint density at radius 2 is 1.90 bits per heavy atom. The second-order valence-electron chi connectivity index (χ2n) is 1.40. The van der Waals surface area contributed by atoms with Crippen LogP contribution < -0.4 is 5.43 Å². The summed E-state index contributed by atoms with van der Waals surface area (Å²) in [4.78, 5) is 2.95. The van der Waals surface area contributed by atoms with Crippen LogP contribution in [-0.2, 0) is 0 Å². The third-order valence-corrected chi connectivity index (χ3v) is 1.01. The lowest BCUT2D eigenvalue weighted by Gasteiger charge is -2.00. The van der Waals surface area contributed by atoms with Crippen molar-refractivity contribution < 1.29 is 13.2 Å². The van der Waals surface area contributed by atoms with Gasteiger partial charge in [-0.1, -0.05) is 0 Å². The number of nitrogens with zero attached hydrogens (tertiary/aromatic N) is 3. The van der Waals surface area contributed by atoms with Crippen molar-refractivity contribution in [3.05, 3.63) is 0 Å². The lowest BCUT2D eigenvalue weighted by molar-refractivity contribution is -0.0614. The standard InChI is InChI=1S/C3BrF3N3/c4-2-8-1(9-10-2)3(5,6)7. The van der Waals surface area contributed by atoms with E-state index in [9.17, 15) is 13.2 Å². The first-order valence-electron chi connectivity index (χ1n) is 2.10. The van der Waals surface area contributed by atoms with E-state index in [4.69, 9.17) is 0 Å². The average Bonchev–Trinajstić information content (AvgIpc) is 2.11. The molecule has 0 N–H and O–H groups in total. The molecule has 1 aliphatic heterocycles. The van der Waals surface area contributed by atoms with Gasteiger partial charge < -0.3 is 0 Å². The van der Waals surface area contributed by atoms with Crippen molar-refractivity contribution in [2.24, 2.45) is 10.1 Å². The molecule has 3 nitrogen and oxygen atoms in total. The zero-order chi connectivity index (χ0) is 7.78. The lowest BCUT2D eigenvalue weighted by atomic mass is 10.6. The highest BCUT2D eigenvalue weighted by Gasteiger charge is 2.39. The molecular formula is C3BrF3N3. The van der Waals surface area contributed by atoms with Crippen LogP contribution >= 0.6 is 15.9 Å². The Bertz CT molecular complexity index is 206. The third-order valence-electron chi connectivity index (χ3n) is 0.679. The topological polar surface area (TPSA) is 38.8 Å². The van der Waals surface area contributed by atoms with Crippen LogP contribution in [0.5, 0.6) is 0 Å². The van der Waals surface area contributed by atoms with Crippen molar-refractivity contribution in [2.75, 3.05) is 0 Å². The Kier molecular flexibility index (Phi) is 1.67. The highest BCUT2D eigenvalue weighted by molar-refractivity contribution is 9.18. The summed E-state index contributed by atoms with van der Waals surface area (Å²) in [7, 11) is 0. The maximum atomic E-state index is 11.6. The van der Waals surface area contributed by atoms with Gasteiger partial charge in [-0.2, -0.15) is 18.2 Å². The van der Waals surface area contributed by atoms with Gasteiger partial charge in [0, 0.05) is 0 Å². The summed E-state index contributed by atoms with van der Waals surface area (Å²) >= 11 is 2.64. The van der Waals surface area contributed by atoms with Gasteiger partial charge in [-0.3, -0.25) is 0 Å². The summed E-state index contributed by atoms with van der Waals surface area (Å²) in [5.41, 5.74) is 2.75. The van der Waals surface area contributed by atoms with Crippen molar-refractivity contribution in [1.29, 1.82) is 0 Å².